The summed E-state index contributed by atoms with van der Waals surface area (Å²) in [7, 11) is 0. The molecule has 0 aromatic carbocycles. The molecule has 1 saturated heterocycles. The zero-order valence-corrected chi connectivity index (χ0v) is 11.4. The molecule has 1 aliphatic rings. The van der Waals surface area contributed by atoms with Crippen LogP contribution in [0.25, 0.3) is 0 Å². The van der Waals surface area contributed by atoms with Crippen LogP contribution in [0.15, 0.2) is 0 Å². The van der Waals surface area contributed by atoms with Crippen LogP contribution >= 0.6 is 0 Å². The quantitative estimate of drug-likeness (QED) is 0.799. The monoisotopic (exact) mass is 229 g/mol. The topological polar surface area (TPSA) is 32.7 Å². The van der Waals surface area contributed by atoms with Gasteiger partial charge in [-0.3, -0.25) is 4.90 Å². The Labute approximate surface area is 99.8 Å². The van der Waals surface area contributed by atoms with Gasteiger partial charge in [-0.1, -0.05) is 20.3 Å². The van der Waals surface area contributed by atoms with Crippen molar-refractivity contribution in [2.75, 3.05) is 19.6 Å². The molecule has 0 saturated carbocycles. The van der Waals surface area contributed by atoms with Crippen molar-refractivity contribution < 1.29 is 9.84 Å². The second-order valence-electron chi connectivity index (χ2n) is 5.84. The lowest BCUT2D eigenvalue weighted by atomic mass is 9.99. The maximum Gasteiger partial charge on any atom is 0.0757 e. The number of morpholine rings is 1. The van der Waals surface area contributed by atoms with Gasteiger partial charge in [0, 0.05) is 19.6 Å². The minimum Gasteiger partial charge on any atom is -0.392 e. The summed E-state index contributed by atoms with van der Waals surface area (Å²) >= 11 is 0. The molecule has 3 atom stereocenters. The molecule has 1 rings (SSSR count). The van der Waals surface area contributed by atoms with Crippen LogP contribution in [0, 0.1) is 5.92 Å². The fourth-order valence-corrected chi connectivity index (χ4v) is 2.44. The first-order valence-electron chi connectivity index (χ1n) is 6.42. The van der Waals surface area contributed by atoms with Crippen LogP contribution in [0.2, 0.25) is 0 Å². The summed E-state index contributed by atoms with van der Waals surface area (Å²) in [6.07, 6.45) is 1.07. The van der Waals surface area contributed by atoms with E-state index in [9.17, 15) is 5.11 Å². The summed E-state index contributed by atoms with van der Waals surface area (Å²) in [5.74, 6) is 0.376. The van der Waals surface area contributed by atoms with Gasteiger partial charge in [-0.25, -0.2) is 0 Å². The summed E-state index contributed by atoms with van der Waals surface area (Å²) in [5.41, 5.74) is -0.0904. The van der Waals surface area contributed by atoms with E-state index in [1.807, 2.05) is 0 Å². The van der Waals surface area contributed by atoms with Crippen molar-refractivity contribution in [3.8, 4) is 0 Å². The van der Waals surface area contributed by atoms with E-state index in [4.69, 9.17) is 4.74 Å². The van der Waals surface area contributed by atoms with Crippen molar-refractivity contribution in [3.63, 3.8) is 0 Å². The van der Waals surface area contributed by atoms with Crippen LogP contribution in [0.5, 0.6) is 0 Å². The summed E-state index contributed by atoms with van der Waals surface area (Å²) in [6, 6.07) is 0. The fraction of sp³-hybridized carbons (Fsp3) is 1.00. The first kappa shape index (κ1) is 13.9. The van der Waals surface area contributed by atoms with E-state index in [1.165, 1.54) is 0 Å². The van der Waals surface area contributed by atoms with E-state index >= 15 is 0 Å². The highest BCUT2D eigenvalue weighted by Gasteiger charge is 2.32. The lowest BCUT2D eigenvalue weighted by molar-refractivity contribution is -0.135. The van der Waals surface area contributed by atoms with E-state index in [0.717, 1.165) is 26.1 Å². The average Bonchev–Trinajstić information content (AvgIpc) is 2.12. The number of aliphatic hydroxyl groups excluding tert-OH is 1. The molecule has 0 bridgehead atoms. The van der Waals surface area contributed by atoms with E-state index in [-0.39, 0.29) is 17.8 Å². The molecule has 3 unspecified atom stereocenters. The van der Waals surface area contributed by atoms with Crippen molar-refractivity contribution in [2.24, 2.45) is 5.92 Å². The Morgan fingerprint density at radius 1 is 1.50 bits per heavy atom. The van der Waals surface area contributed by atoms with E-state index in [1.54, 1.807) is 0 Å². The van der Waals surface area contributed by atoms with Crippen LogP contribution in [0.4, 0.5) is 0 Å². The number of hydrogen-bond acceptors (Lipinski definition) is 3. The highest BCUT2D eigenvalue weighted by molar-refractivity contribution is 4.84. The zero-order chi connectivity index (χ0) is 12.3. The Hall–Kier alpha value is -0.120. The molecule has 0 aromatic rings. The molecule has 1 aliphatic heterocycles. The van der Waals surface area contributed by atoms with E-state index in [2.05, 4.69) is 39.5 Å². The molecule has 0 spiro atoms. The van der Waals surface area contributed by atoms with Crippen molar-refractivity contribution in [1.29, 1.82) is 0 Å². The standard InChI is InChI=1S/C13H27NO2/c1-6-10(2)12(15)8-14-7-11(3)16-13(4,5)9-14/h10-12,15H,6-9H2,1-5H3. The van der Waals surface area contributed by atoms with E-state index < -0.39 is 0 Å². The second-order valence-corrected chi connectivity index (χ2v) is 5.84. The zero-order valence-electron chi connectivity index (χ0n) is 11.4. The largest absolute Gasteiger partial charge is 0.392 e. The molecule has 1 N–H and O–H groups in total. The third-order valence-electron chi connectivity index (χ3n) is 3.39. The molecule has 96 valence electrons. The third-order valence-corrected chi connectivity index (χ3v) is 3.39. The Balaban J connectivity index is 2.48. The molecule has 0 radical (unpaired) electrons. The van der Waals surface area contributed by atoms with Crippen LogP contribution in [-0.2, 0) is 4.74 Å². The van der Waals surface area contributed by atoms with Crippen molar-refractivity contribution >= 4 is 0 Å². The average molecular weight is 229 g/mol. The Morgan fingerprint density at radius 3 is 2.62 bits per heavy atom. The highest BCUT2D eigenvalue weighted by Crippen LogP contribution is 2.21. The molecular formula is C13H27NO2. The molecule has 16 heavy (non-hydrogen) atoms. The van der Waals surface area contributed by atoms with Gasteiger partial charge in [-0.2, -0.15) is 0 Å². The van der Waals surface area contributed by atoms with Gasteiger partial charge < -0.3 is 9.84 Å². The maximum absolute atomic E-state index is 10.0. The number of ether oxygens (including phenoxy) is 1. The number of aliphatic hydroxyl groups is 1. The second kappa shape index (κ2) is 5.48. The van der Waals surface area contributed by atoms with Gasteiger partial charge in [0.25, 0.3) is 0 Å². The minimum atomic E-state index is -0.217. The number of hydrogen-bond donors (Lipinski definition) is 1. The third kappa shape index (κ3) is 4.04. The van der Waals surface area contributed by atoms with Crippen LogP contribution in [-0.4, -0.2) is 47.4 Å². The molecule has 3 heteroatoms. The number of nitrogens with zero attached hydrogens (tertiary/aromatic N) is 1. The van der Waals surface area contributed by atoms with Gasteiger partial charge >= 0.3 is 0 Å². The summed E-state index contributed by atoms with van der Waals surface area (Å²) in [4.78, 5) is 2.32. The van der Waals surface area contributed by atoms with E-state index in [0.29, 0.717) is 5.92 Å². The van der Waals surface area contributed by atoms with Gasteiger partial charge in [-0.05, 0) is 26.7 Å². The highest BCUT2D eigenvalue weighted by atomic mass is 16.5. The van der Waals surface area contributed by atoms with Crippen LogP contribution in [0.3, 0.4) is 0 Å². The Bertz CT molecular complexity index is 218. The number of rotatable bonds is 4. The molecule has 1 fully saturated rings. The maximum atomic E-state index is 10.0. The molecule has 0 aromatic heterocycles. The van der Waals surface area contributed by atoms with Crippen LogP contribution in [0.1, 0.15) is 41.0 Å². The minimum absolute atomic E-state index is 0.0904. The van der Waals surface area contributed by atoms with Crippen molar-refractivity contribution in [1.82, 2.24) is 4.90 Å². The summed E-state index contributed by atoms with van der Waals surface area (Å²) < 4.78 is 5.85. The predicted octanol–water partition coefficient (Wildman–Crippen LogP) is 1.89. The van der Waals surface area contributed by atoms with Gasteiger partial charge in [0.15, 0.2) is 0 Å². The van der Waals surface area contributed by atoms with Crippen molar-refractivity contribution in [2.45, 2.75) is 58.8 Å². The first-order valence-corrected chi connectivity index (χ1v) is 6.42. The van der Waals surface area contributed by atoms with Crippen LogP contribution < -0.4 is 0 Å². The van der Waals surface area contributed by atoms with Gasteiger partial charge in [0.05, 0.1) is 17.8 Å². The predicted molar refractivity (Wildman–Crippen MR) is 66.5 cm³/mol. The normalized spacial score (nSPS) is 30.0. The van der Waals surface area contributed by atoms with Gasteiger partial charge in [0.1, 0.15) is 0 Å². The SMILES string of the molecule is CCC(C)C(O)CN1CC(C)OC(C)(C)C1. The lowest BCUT2D eigenvalue weighted by Crippen LogP contribution is -2.54. The number of β-amino-alcohol motifs (C(OH)–C–C–N with tert-alkyl or cyclic N) is 1. The lowest BCUT2D eigenvalue weighted by Gasteiger charge is -2.42. The molecule has 1 heterocycles. The molecule has 0 aliphatic carbocycles. The fourth-order valence-electron chi connectivity index (χ4n) is 2.44. The summed E-state index contributed by atoms with van der Waals surface area (Å²) in [6.45, 7) is 13.2. The Morgan fingerprint density at radius 2 is 2.12 bits per heavy atom. The first-order chi connectivity index (χ1) is 7.34. The summed E-state index contributed by atoms with van der Waals surface area (Å²) in [5, 5.41) is 10.0. The Kier molecular flexibility index (Phi) is 4.77. The molecular weight excluding hydrogens is 202 g/mol. The molecule has 0 amide bonds. The van der Waals surface area contributed by atoms with Gasteiger partial charge in [-0.15, -0.1) is 0 Å². The molecule has 3 nitrogen and oxygen atoms in total. The smallest absolute Gasteiger partial charge is 0.0757 e. The van der Waals surface area contributed by atoms with Crippen molar-refractivity contribution in [3.05, 3.63) is 0 Å². The van der Waals surface area contributed by atoms with Gasteiger partial charge in [0.2, 0.25) is 0 Å².